The molecule has 0 fully saturated rings. The van der Waals surface area contributed by atoms with Gasteiger partial charge in [0.05, 0.1) is 5.69 Å². The largest absolute Gasteiger partial charge is 0.757 e. The van der Waals surface area contributed by atoms with Gasteiger partial charge in [-0.2, -0.15) is 0 Å². The molecule has 1 aliphatic heterocycles. The molecule has 2 aromatic rings. The van der Waals surface area contributed by atoms with E-state index in [9.17, 15) is 10.0 Å². The van der Waals surface area contributed by atoms with Crippen molar-refractivity contribution in [2.45, 2.75) is 6.04 Å². The van der Waals surface area contributed by atoms with Crippen LogP contribution in [-0.4, -0.2) is 5.97 Å². The fourth-order valence-electron chi connectivity index (χ4n) is 2.03. The Morgan fingerprint density at radius 3 is 2.44 bits per heavy atom. The molecule has 0 amide bonds. The molecule has 3 rings (SSSR count). The van der Waals surface area contributed by atoms with Crippen molar-refractivity contribution in [3.63, 3.8) is 0 Å². The van der Waals surface area contributed by atoms with E-state index in [0.717, 1.165) is 0 Å². The van der Waals surface area contributed by atoms with Crippen molar-refractivity contribution in [1.82, 2.24) is 0 Å². The monoisotopic (exact) mass is 240 g/mol. The molecule has 0 radical (unpaired) electrons. The van der Waals surface area contributed by atoms with E-state index in [4.69, 9.17) is 4.74 Å². The highest BCUT2D eigenvalue weighted by Crippen LogP contribution is 2.38. The van der Waals surface area contributed by atoms with Gasteiger partial charge in [0.2, 0.25) is 0 Å². The van der Waals surface area contributed by atoms with E-state index in [-0.39, 0.29) is 0 Å². The first-order valence-corrected chi connectivity index (χ1v) is 5.59. The first-order chi connectivity index (χ1) is 8.77. The quantitative estimate of drug-likeness (QED) is 0.568. The first kappa shape index (κ1) is 10.8. The molecule has 0 N–H and O–H groups in total. The average Bonchev–Trinajstić information content (AvgIpc) is 2.40. The molecule has 0 aromatic heterocycles. The Hall–Kier alpha value is -2.33. The molecule has 0 spiro atoms. The molecule has 4 heteroatoms. The molecular weight excluding hydrogens is 230 g/mol. The number of rotatable bonds is 1. The van der Waals surface area contributed by atoms with E-state index >= 15 is 0 Å². The lowest BCUT2D eigenvalue weighted by Gasteiger charge is -2.41. The summed E-state index contributed by atoms with van der Waals surface area (Å²) in [6, 6.07) is 14.7. The molecule has 1 atom stereocenters. The number of nitrogens with zero attached hydrogens (tertiary/aromatic N) is 1. The summed E-state index contributed by atoms with van der Waals surface area (Å²) in [6.45, 7) is 0. The van der Waals surface area contributed by atoms with Crippen molar-refractivity contribution in [1.29, 1.82) is 0 Å². The number of fused-ring (bicyclic) bond motifs is 1. The van der Waals surface area contributed by atoms with Crippen molar-refractivity contribution in [3.05, 3.63) is 65.4 Å². The van der Waals surface area contributed by atoms with Crippen LogP contribution in [0, 0.1) is 5.21 Å². The summed E-state index contributed by atoms with van der Waals surface area (Å²) in [5.41, 5.74) is 1.01. The van der Waals surface area contributed by atoms with Gasteiger partial charge in [-0.1, -0.05) is 42.5 Å². The minimum Gasteiger partial charge on any atom is -0.757 e. The number of carbonyl (C=O) groups excluding carboxylic acids is 1. The Kier molecular flexibility index (Phi) is 2.50. The van der Waals surface area contributed by atoms with Crippen molar-refractivity contribution in [2.75, 3.05) is 5.06 Å². The van der Waals surface area contributed by atoms with E-state index in [0.29, 0.717) is 22.1 Å². The number of benzene rings is 2. The van der Waals surface area contributed by atoms with Crippen LogP contribution in [0.3, 0.4) is 0 Å². The second kappa shape index (κ2) is 4.16. The van der Waals surface area contributed by atoms with Crippen molar-refractivity contribution in [2.24, 2.45) is 0 Å². The second-order valence-corrected chi connectivity index (χ2v) is 4.03. The lowest BCUT2D eigenvalue weighted by molar-refractivity contribution is -0.136. The van der Waals surface area contributed by atoms with Gasteiger partial charge in [0.25, 0.3) is 0 Å². The van der Waals surface area contributed by atoms with Crippen LogP contribution in [0.4, 0.5) is 5.69 Å². The SMILES string of the molecule is O=C1Oc2ccccc2N([O-])C1c1ccccc1. The topological polar surface area (TPSA) is 52.6 Å². The van der Waals surface area contributed by atoms with Gasteiger partial charge >= 0.3 is 5.97 Å². The molecule has 0 saturated heterocycles. The molecule has 4 nitrogen and oxygen atoms in total. The highest BCUT2D eigenvalue weighted by molar-refractivity contribution is 5.89. The van der Waals surface area contributed by atoms with Crippen LogP contribution >= 0.6 is 0 Å². The molecule has 0 bridgehead atoms. The molecule has 0 aliphatic carbocycles. The second-order valence-electron chi connectivity index (χ2n) is 4.03. The van der Waals surface area contributed by atoms with Crippen LogP contribution in [0.1, 0.15) is 11.6 Å². The smallest absolute Gasteiger partial charge is 0.338 e. The van der Waals surface area contributed by atoms with E-state index < -0.39 is 12.0 Å². The molecule has 2 aromatic carbocycles. The van der Waals surface area contributed by atoms with Crippen molar-refractivity contribution < 1.29 is 9.53 Å². The minimum atomic E-state index is -0.930. The molecular formula is C14H10NO3-. The predicted molar refractivity (Wildman–Crippen MR) is 67.1 cm³/mol. The number of hydrogen-bond donors (Lipinski definition) is 0. The van der Waals surface area contributed by atoms with Crippen LogP contribution in [0.25, 0.3) is 0 Å². The van der Waals surface area contributed by atoms with Crippen LogP contribution in [-0.2, 0) is 4.79 Å². The summed E-state index contributed by atoms with van der Waals surface area (Å²) in [5, 5.41) is 12.9. The van der Waals surface area contributed by atoms with Crippen LogP contribution < -0.4 is 9.80 Å². The van der Waals surface area contributed by atoms with Crippen molar-refractivity contribution in [3.8, 4) is 5.75 Å². The third kappa shape index (κ3) is 1.63. The van der Waals surface area contributed by atoms with Crippen LogP contribution in [0.2, 0.25) is 0 Å². The van der Waals surface area contributed by atoms with E-state index in [1.165, 1.54) is 0 Å². The Balaban J connectivity index is 2.06. The Morgan fingerprint density at radius 2 is 1.67 bits per heavy atom. The lowest BCUT2D eigenvalue weighted by atomic mass is 10.0. The summed E-state index contributed by atoms with van der Waals surface area (Å²) in [7, 11) is 0. The normalized spacial score (nSPS) is 18.2. The average molecular weight is 240 g/mol. The molecule has 90 valence electrons. The van der Waals surface area contributed by atoms with Crippen LogP contribution in [0.5, 0.6) is 5.75 Å². The predicted octanol–water partition coefficient (Wildman–Crippen LogP) is 2.65. The fraction of sp³-hybridized carbons (Fsp3) is 0.0714. The summed E-state index contributed by atoms with van der Waals surface area (Å²) in [4.78, 5) is 11.9. The number of esters is 1. The molecule has 0 saturated carbocycles. The molecule has 1 heterocycles. The Morgan fingerprint density at radius 1 is 1.00 bits per heavy atom. The molecule has 18 heavy (non-hydrogen) atoms. The zero-order chi connectivity index (χ0) is 12.5. The maximum Gasteiger partial charge on any atom is 0.338 e. The maximum absolute atomic E-state index is 12.2. The van der Waals surface area contributed by atoms with Crippen molar-refractivity contribution >= 4 is 11.7 Å². The fourth-order valence-corrected chi connectivity index (χ4v) is 2.03. The van der Waals surface area contributed by atoms with E-state index in [2.05, 4.69) is 0 Å². The number of para-hydroxylation sites is 2. The number of carbonyl (C=O) groups is 1. The van der Waals surface area contributed by atoms with Gasteiger partial charge in [0, 0.05) is 0 Å². The van der Waals surface area contributed by atoms with Crippen LogP contribution in [0.15, 0.2) is 54.6 Å². The Bertz CT molecular complexity index is 583. The minimum absolute atomic E-state index is 0.310. The zero-order valence-corrected chi connectivity index (χ0v) is 9.45. The summed E-state index contributed by atoms with van der Waals surface area (Å²) < 4.78 is 5.19. The van der Waals surface area contributed by atoms with Gasteiger partial charge in [0.15, 0.2) is 5.75 Å². The highest BCUT2D eigenvalue weighted by atomic mass is 16.6. The standard InChI is InChI=1S/C14H10NO3/c16-14-13(10-6-2-1-3-7-10)15(17)11-8-4-5-9-12(11)18-14/h1-9,13H/q-1. The van der Waals surface area contributed by atoms with Gasteiger partial charge in [-0.3, -0.25) is 0 Å². The maximum atomic E-state index is 12.2. The summed E-state index contributed by atoms with van der Waals surface area (Å²) in [6.07, 6.45) is 0. The van der Waals surface area contributed by atoms with Gasteiger partial charge < -0.3 is 15.0 Å². The molecule has 1 unspecified atom stereocenters. The van der Waals surface area contributed by atoms with Gasteiger partial charge in [-0.15, -0.1) is 0 Å². The van der Waals surface area contributed by atoms with E-state index in [1.54, 1.807) is 48.5 Å². The number of hydroxylamine groups is 1. The Labute approximate surface area is 104 Å². The molecule has 1 aliphatic rings. The third-order valence-corrected chi connectivity index (χ3v) is 2.89. The van der Waals surface area contributed by atoms with Gasteiger partial charge in [-0.25, -0.2) is 4.79 Å². The summed E-state index contributed by atoms with van der Waals surface area (Å²) >= 11 is 0. The van der Waals surface area contributed by atoms with E-state index in [1.807, 2.05) is 6.07 Å². The zero-order valence-electron chi connectivity index (χ0n) is 9.45. The van der Waals surface area contributed by atoms with Gasteiger partial charge in [-0.05, 0) is 17.7 Å². The number of hydrogen-bond acceptors (Lipinski definition) is 4. The highest BCUT2D eigenvalue weighted by Gasteiger charge is 2.30. The number of ether oxygens (including phenoxy) is 1. The first-order valence-electron chi connectivity index (χ1n) is 5.59. The van der Waals surface area contributed by atoms with Gasteiger partial charge in [0.1, 0.15) is 6.04 Å². The number of anilines is 1. The summed E-state index contributed by atoms with van der Waals surface area (Å²) in [5.74, 6) is -0.236. The third-order valence-electron chi connectivity index (χ3n) is 2.89. The lowest BCUT2D eigenvalue weighted by Crippen LogP contribution is -2.36.